The van der Waals surface area contributed by atoms with E-state index < -0.39 is 10.2 Å². The molecule has 10 nitrogen and oxygen atoms in total. The predicted octanol–water partition coefficient (Wildman–Crippen LogP) is 3.41. The fourth-order valence-electron chi connectivity index (χ4n) is 2.25. The Morgan fingerprint density at radius 1 is 1.36 bits per heavy atom. The van der Waals surface area contributed by atoms with Gasteiger partial charge in [0.2, 0.25) is 11.1 Å². The molecule has 0 saturated carbocycles. The molecule has 0 bridgehead atoms. The Morgan fingerprint density at radius 3 is 2.86 bits per heavy atom. The second kappa shape index (κ2) is 8.44. The first-order valence-corrected chi connectivity index (χ1v) is 10.1. The molecule has 3 rings (SSSR count). The number of hydrogen-bond donors (Lipinski definition) is 1. The van der Waals surface area contributed by atoms with Crippen LogP contribution in [0.15, 0.2) is 34.8 Å². The van der Waals surface area contributed by atoms with Crippen molar-refractivity contribution < 1.29 is 9.72 Å². The maximum absolute atomic E-state index is 12.5. The van der Waals surface area contributed by atoms with E-state index in [1.54, 1.807) is 29.1 Å². The fraction of sp³-hybridized carbons (Fsp3) is 0.312. The van der Waals surface area contributed by atoms with Crippen LogP contribution in [0.25, 0.3) is 11.3 Å². The Kier molecular flexibility index (Phi) is 5.99. The number of benzene rings is 1. The maximum Gasteiger partial charge on any atom is 0.270 e. The van der Waals surface area contributed by atoms with Crippen LogP contribution in [0, 0.1) is 10.1 Å². The van der Waals surface area contributed by atoms with Gasteiger partial charge < -0.3 is 5.32 Å². The van der Waals surface area contributed by atoms with E-state index in [-0.39, 0.29) is 17.6 Å². The highest BCUT2D eigenvalue weighted by molar-refractivity contribution is 8.00. The Balaban J connectivity index is 1.67. The van der Waals surface area contributed by atoms with Crippen molar-refractivity contribution in [3.63, 3.8) is 0 Å². The summed E-state index contributed by atoms with van der Waals surface area (Å²) in [5.74, 6) is -0.233. The van der Waals surface area contributed by atoms with Gasteiger partial charge in [-0.05, 0) is 31.2 Å². The summed E-state index contributed by atoms with van der Waals surface area (Å²) in [6, 6.07) is 6.29. The number of non-ortho nitro benzene ring substituents is 1. The molecule has 0 aliphatic rings. The summed E-state index contributed by atoms with van der Waals surface area (Å²) >= 11 is 2.51. The number of amides is 1. The summed E-state index contributed by atoms with van der Waals surface area (Å²) in [4.78, 5) is 27.3. The summed E-state index contributed by atoms with van der Waals surface area (Å²) in [5, 5.41) is 27.5. The smallest absolute Gasteiger partial charge is 0.270 e. The normalized spacial score (nSPS) is 12.1. The molecule has 1 atom stereocenters. The molecule has 1 unspecified atom stereocenters. The van der Waals surface area contributed by atoms with Gasteiger partial charge in [-0.2, -0.15) is 0 Å². The third-order valence-electron chi connectivity index (χ3n) is 3.69. The largest absolute Gasteiger partial charge is 0.301 e. The lowest BCUT2D eigenvalue weighted by Gasteiger charge is -2.11. The van der Waals surface area contributed by atoms with Gasteiger partial charge in [0.05, 0.1) is 21.9 Å². The Labute approximate surface area is 168 Å². The average molecular weight is 419 g/mol. The lowest BCUT2D eigenvalue weighted by Crippen LogP contribution is -2.23. The molecule has 0 spiro atoms. The second-order valence-corrected chi connectivity index (χ2v) is 8.26. The van der Waals surface area contributed by atoms with Crippen molar-refractivity contribution >= 4 is 39.8 Å². The van der Waals surface area contributed by atoms with Gasteiger partial charge >= 0.3 is 0 Å². The van der Waals surface area contributed by atoms with E-state index in [2.05, 4.69) is 25.8 Å². The molecule has 0 fully saturated rings. The van der Waals surface area contributed by atoms with Gasteiger partial charge in [-0.3, -0.25) is 14.9 Å². The van der Waals surface area contributed by atoms with Crippen LogP contribution in [0.2, 0.25) is 0 Å². The maximum atomic E-state index is 12.5. The standard InChI is InChI=1S/C16H17N7O3S2/c1-9(2)22-16(19-20-21-22)28-10(3)14(24)18-15-17-13(8-27-15)11-5-4-6-12(7-11)23(25)26/h4-10H,1-3H3,(H,17,18,24). The number of nitrogens with zero attached hydrogens (tertiary/aromatic N) is 6. The zero-order chi connectivity index (χ0) is 20.3. The lowest BCUT2D eigenvalue weighted by molar-refractivity contribution is -0.384. The van der Waals surface area contributed by atoms with Gasteiger partial charge in [0.1, 0.15) is 0 Å². The molecule has 2 aromatic heterocycles. The van der Waals surface area contributed by atoms with Crippen LogP contribution >= 0.6 is 23.1 Å². The number of nitro groups is 1. The minimum absolute atomic E-state index is 0.0102. The molecule has 2 heterocycles. The number of nitro benzene ring substituents is 1. The molecule has 0 aliphatic heterocycles. The first kappa shape index (κ1) is 19.9. The highest BCUT2D eigenvalue weighted by Crippen LogP contribution is 2.28. The van der Waals surface area contributed by atoms with E-state index in [4.69, 9.17) is 0 Å². The third kappa shape index (κ3) is 4.51. The Hall–Kier alpha value is -2.86. The number of thiazole rings is 1. The summed E-state index contributed by atoms with van der Waals surface area (Å²) < 4.78 is 1.65. The molecule has 0 radical (unpaired) electrons. The van der Waals surface area contributed by atoms with Crippen molar-refractivity contribution in [2.24, 2.45) is 0 Å². The molecule has 1 N–H and O–H groups in total. The molecule has 12 heteroatoms. The van der Waals surface area contributed by atoms with Gasteiger partial charge in [-0.15, -0.1) is 16.4 Å². The third-order valence-corrected chi connectivity index (χ3v) is 5.50. The summed E-state index contributed by atoms with van der Waals surface area (Å²) in [7, 11) is 0. The monoisotopic (exact) mass is 419 g/mol. The van der Waals surface area contributed by atoms with E-state index in [9.17, 15) is 14.9 Å². The number of anilines is 1. The van der Waals surface area contributed by atoms with Crippen LogP contribution in [0.1, 0.15) is 26.8 Å². The average Bonchev–Trinajstić information content (AvgIpc) is 3.31. The zero-order valence-electron chi connectivity index (χ0n) is 15.3. The van der Waals surface area contributed by atoms with Crippen LogP contribution in [-0.4, -0.2) is 41.3 Å². The van der Waals surface area contributed by atoms with Crippen molar-refractivity contribution in [3.05, 3.63) is 39.8 Å². The molecule has 0 aliphatic carbocycles. The van der Waals surface area contributed by atoms with Gasteiger partial charge in [-0.25, -0.2) is 9.67 Å². The molecule has 1 amide bonds. The first-order valence-electron chi connectivity index (χ1n) is 8.31. The number of nitrogens with one attached hydrogen (secondary N) is 1. The number of aromatic nitrogens is 5. The van der Waals surface area contributed by atoms with Crippen LogP contribution in [0.5, 0.6) is 0 Å². The first-order chi connectivity index (χ1) is 13.3. The van der Waals surface area contributed by atoms with Crippen molar-refractivity contribution in [1.29, 1.82) is 0 Å². The van der Waals surface area contributed by atoms with Crippen LogP contribution in [0.4, 0.5) is 10.8 Å². The predicted molar refractivity (Wildman–Crippen MR) is 106 cm³/mol. The van der Waals surface area contributed by atoms with Crippen molar-refractivity contribution in [2.45, 2.75) is 37.2 Å². The van der Waals surface area contributed by atoms with Crippen molar-refractivity contribution in [2.75, 3.05) is 5.32 Å². The number of carbonyl (C=O) groups is 1. The topological polar surface area (TPSA) is 129 Å². The molecule has 28 heavy (non-hydrogen) atoms. The minimum Gasteiger partial charge on any atom is -0.301 e. The van der Waals surface area contributed by atoms with E-state index in [1.165, 1.54) is 35.2 Å². The van der Waals surface area contributed by atoms with Crippen LogP contribution < -0.4 is 5.32 Å². The Morgan fingerprint density at radius 2 is 2.14 bits per heavy atom. The van der Waals surface area contributed by atoms with Crippen LogP contribution in [0.3, 0.4) is 0 Å². The molecular formula is C16H17N7O3S2. The number of rotatable bonds is 7. The van der Waals surface area contributed by atoms with Gasteiger partial charge in [0.15, 0.2) is 5.13 Å². The summed E-state index contributed by atoms with van der Waals surface area (Å²) in [5.41, 5.74) is 1.17. The SMILES string of the molecule is CC(Sc1nnnn1C(C)C)C(=O)Nc1nc(-c2cccc([N+](=O)[O-])c2)cs1. The summed E-state index contributed by atoms with van der Waals surface area (Å²) in [6.45, 7) is 5.67. The number of hydrogen-bond acceptors (Lipinski definition) is 9. The molecule has 1 aromatic carbocycles. The van der Waals surface area contributed by atoms with E-state index in [1.807, 2.05) is 13.8 Å². The number of thioether (sulfide) groups is 1. The van der Waals surface area contributed by atoms with Crippen LogP contribution in [-0.2, 0) is 4.79 Å². The number of tetrazole rings is 1. The molecule has 146 valence electrons. The van der Waals surface area contributed by atoms with Crippen molar-refractivity contribution in [3.8, 4) is 11.3 Å². The quantitative estimate of drug-likeness (QED) is 0.350. The molecule has 3 aromatic rings. The highest BCUT2D eigenvalue weighted by atomic mass is 32.2. The molecule has 0 saturated heterocycles. The van der Waals surface area contributed by atoms with Gasteiger partial charge in [0.25, 0.3) is 5.69 Å². The summed E-state index contributed by atoms with van der Waals surface area (Å²) in [6.07, 6.45) is 0. The molecular weight excluding hydrogens is 402 g/mol. The van der Waals surface area contributed by atoms with E-state index in [0.29, 0.717) is 21.5 Å². The van der Waals surface area contributed by atoms with E-state index >= 15 is 0 Å². The number of carbonyl (C=O) groups excluding carboxylic acids is 1. The highest BCUT2D eigenvalue weighted by Gasteiger charge is 2.21. The Bertz CT molecular complexity index is 1000. The lowest BCUT2D eigenvalue weighted by atomic mass is 10.1. The van der Waals surface area contributed by atoms with E-state index in [0.717, 1.165) is 0 Å². The fourth-order valence-corrected chi connectivity index (χ4v) is 3.89. The second-order valence-electron chi connectivity index (χ2n) is 6.09. The minimum atomic E-state index is -0.456. The van der Waals surface area contributed by atoms with Crippen molar-refractivity contribution in [1.82, 2.24) is 25.2 Å². The van der Waals surface area contributed by atoms with Gasteiger partial charge in [0, 0.05) is 23.1 Å². The van der Waals surface area contributed by atoms with Gasteiger partial charge in [-0.1, -0.05) is 23.9 Å². The zero-order valence-corrected chi connectivity index (χ0v) is 16.9.